The summed E-state index contributed by atoms with van der Waals surface area (Å²) < 4.78 is 0.963. The number of hydrogen-bond acceptors (Lipinski definition) is 6. The molecule has 3 N–H and O–H groups in total. The predicted molar refractivity (Wildman–Crippen MR) is 73.3 cm³/mol. The summed E-state index contributed by atoms with van der Waals surface area (Å²) in [7, 11) is 0. The Hall–Kier alpha value is -1.05. The standard InChI is InChI=1S/C10H10N2O2S3/c1-4-6(5-3-16-10(11)12-5)9(15-2)17-7(4)8(13)14/h3H,1-2H3,(H2,11,12)(H,13,14). The van der Waals surface area contributed by atoms with Gasteiger partial charge in [-0.2, -0.15) is 0 Å². The number of nitrogen functional groups attached to an aromatic ring is 1. The lowest BCUT2D eigenvalue weighted by Gasteiger charge is -1.98. The van der Waals surface area contributed by atoms with E-state index in [0.717, 1.165) is 21.0 Å². The largest absolute Gasteiger partial charge is 0.477 e. The summed E-state index contributed by atoms with van der Waals surface area (Å²) in [6.45, 7) is 1.81. The number of carboxylic acids is 1. The van der Waals surface area contributed by atoms with Gasteiger partial charge in [0.2, 0.25) is 0 Å². The molecule has 2 rings (SSSR count). The molecule has 0 fully saturated rings. The Labute approximate surface area is 111 Å². The molecule has 2 aromatic heterocycles. The van der Waals surface area contributed by atoms with Crippen LogP contribution in [0.15, 0.2) is 9.59 Å². The minimum atomic E-state index is -0.891. The molecule has 90 valence electrons. The van der Waals surface area contributed by atoms with E-state index in [1.54, 1.807) is 0 Å². The molecule has 0 aliphatic carbocycles. The van der Waals surface area contributed by atoms with Gasteiger partial charge in [-0.25, -0.2) is 9.78 Å². The Kier molecular flexibility index (Phi) is 3.41. The van der Waals surface area contributed by atoms with Crippen molar-refractivity contribution in [3.8, 4) is 11.3 Å². The van der Waals surface area contributed by atoms with Gasteiger partial charge in [-0.15, -0.1) is 34.4 Å². The summed E-state index contributed by atoms with van der Waals surface area (Å²) in [5, 5.41) is 11.5. The Bertz CT molecular complexity index is 574. The molecule has 0 radical (unpaired) electrons. The molecule has 7 heteroatoms. The van der Waals surface area contributed by atoms with Crippen LogP contribution in [0.1, 0.15) is 15.2 Å². The molecular weight excluding hydrogens is 276 g/mol. The topological polar surface area (TPSA) is 76.2 Å². The Balaban J connectivity index is 2.63. The smallest absolute Gasteiger partial charge is 0.346 e. The highest BCUT2D eigenvalue weighted by Gasteiger charge is 2.21. The fourth-order valence-electron chi connectivity index (χ4n) is 1.53. The summed E-state index contributed by atoms with van der Waals surface area (Å²) in [5.41, 5.74) is 8.03. The first-order chi connectivity index (χ1) is 8.04. The quantitative estimate of drug-likeness (QED) is 0.847. The van der Waals surface area contributed by atoms with Crippen LogP contribution in [0, 0.1) is 6.92 Å². The molecule has 0 unspecified atom stereocenters. The molecular formula is C10H10N2O2S3. The Morgan fingerprint density at radius 2 is 2.29 bits per heavy atom. The number of nitrogens with two attached hydrogens (primary N) is 1. The number of thiazole rings is 1. The van der Waals surface area contributed by atoms with E-state index in [4.69, 9.17) is 10.8 Å². The number of hydrogen-bond donors (Lipinski definition) is 2. The van der Waals surface area contributed by atoms with Gasteiger partial charge in [0.05, 0.1) is 9.90 Å². The number of nitrogens with zero attached hydrogens (tertiary/aromatic N) is 1. The number of carboxylic acid groups (broad SMARTS) is 1. The van der Waals surface area contributed by atoms with Crippen molar-refractivity contribution in [2.45, 2.75) is 11.1 Å². The average molecular weight is 286 g/mol. The Morgan fingerprint density at radius 3 is 2.76 bits per heavy atom. The van der Waals surface area contributed by atoms with E-state index in [-0.39, 0.29) is 0 Å². The van der Waals surface area contributed by atoms with Crippen LogP contribution in [-0.2, 0) is 0 Å². The minimum absolute atomic E-state index is 0.371. The van der Waals surface area contributed by atoms with E-state index in [2.05, 4.69) is 4.98 Å². The van der Waals surface area contributed by atoms with Crippen LogP contribution in [0.25, 0.3) is 11.3 Å². The molecule has 0 spiro atoms. The molecule has 0 aliphatic heterocycles. The predicted octanol–water partition coefficient (Wildman–Crippen LogP) is 3.18. The van der Waals surface area contributed by atoms with Crippen molar-refractivity contribution in [3.05, 3.63) is 15.8 Å². The molecule has 0 atom stereocenters. The summed E-state index contributed by atoms with van der Waals surface area (Å²) in [6.07, 6.45) is 1.93. The molecule has 17 heavy (non-hydrogen) atoms. The summed E-state index contributed by atoms with van der Waals surface area (Å²) in [6, 6.07) is 0. The van der Waals surface area contributed by atoms with Crippen LogP contribution < -0.4 is 5.73 Å². The summed E-state index contributed by atoms with van der Waals surface area (Å²) in [5.74, 6) is -0.891. The van der Waals surface area contributed by atoms with Crippen LogP contribution in [0.3, 0.4) is 0 Å². The molecule has 0 aliphatic rings. The fourth-order valence-corrected chi connectivity index (χ4v) is 4.02. The van der Waals surface area contributed by atoms with Crippen LogP contribution in [0.2, 0.25) is 0 Å². The van der Waals surface area contributed by atoms with Gasteiger partial charge in [0.25, 0.3) is 0 Å². The highest BCUT2D eigenvalue weighted by atomic mass is 32.2. The SMILES string of the molecule is CSc1sc(C(=O)O)c(C)c1-c1csc(N)n1. The minimum Gasteiger partial charge on any atom is -0.477 e. The number of aromatic nitrogens is 1. The number of thioether (sulfide) groups is 1. The van der Waals surface area contributed by atoms with Gasteiger partial charge in [0, 0.05) is 10.9 Å². The van der Waals surface area contributed by atoms with E-state index in [0.29, 0.717) is 10.0 Å². The van der Waals surface area contributed by atoms with Crippen molar-refractivity contribution in [3.63, 3.8) is 0 Å². The van der Waals surface area contributed by atoms with Crippen LogP contribution in [0.4, 0.5) is 5.13 Å². The van der Waals surface area contributed by atoms with Gasteiger partial charge >= 0.3 is 5.97 Å². The molecule has 0 saturated carbocycles. The molecule has 4 nitrogen and oxygen atoms in total. The molecule has 2 heterocycles. The van der Waals surface area contributed by atoms with Crippen molar-refractivity contribution in [1.82, 2.24) is 4.98 Å². The Morgan fingerprint density at radius 1 is 1.59 bits per heavy atom. The third-order valence-electron chi connectivity index (χ3n) is 2.27. The van der Waals surface area contributed by atoms with Crippen molar-refractivity contribution >= 4 is 45.5 Å². The van der Waals surface area contributed by atoms with E-state index in [9.17, 15) is 4.79 Å². The van der Waals surface area contributed by atoms with Gasteiger partial charge in [-0.3, -0.25) is 0 Å². The average Bonchev–Trinajstić information content (AvgIpc) is 2.81. The van der Waals surface area contributed by atoms with Crippen molar-refractivity contribution < 1.29 is 9.90 Å². The third kappa shape index (κ3) is 2.18. The van der Waals surface area contributed by atoms with Crippen molar-refractivity contribution in [1.29, 1.82) is 0 Å². The van der Waals surface area contributed by atoms with Gasteiger partial charge in [-0.1, -0.05) is 0 Å². The number of thiophene rings is 1. The lowest BCUT2D eigenvalue weighted by Crippen LogP contribution is -1.94. The highest BCUT2D eigenvalue weighted by molar-refractivity contribution is 8.00. The number of carbonyl (C=O) groups is 1. The van der Waals surface area contributed by atoms with E-state index in [1.165, 1.54) is 34.4 Å². The first kappa shape index (κ1) is 12.4. The zero-order valence-corrected chi connectivity index (χ0v) is 11.6. The van der Waals surface area contributed by atoms with Gasteiger partial charge in [-0.05, 0) is 18.7 Å². The second-order valence-corrected chi connectivity index (χ2v) is 6.28. The number of anilines is 1. The molecule has 0 saturated heterocycles. The maximum absolute atomic E-state index is 11.1. The maximum atomic E-state index is 11.1. The normalized spacial score (nSPS) is 10.7. The van der Waals surface area contributed by atoms with Crippen LogP contribution in [0.5, 0.6) is 0 Å². The van der Waals surface area contributed by atoms with E-state index < -0.39 is 5.97 Å². The lowest BCUT2D eigenvalue weighted by molar-refractivity contribution is 0.0701. The first-order valence-electron chi connectivity index (χ1n) is 4.66. The molecule has 0 amide bonds. The van der Waals surface area contributed by atoms with Crippen LogP contribution >= 0.6 is 34.4 Å². The van der Waals surface area contributed by atoms with E-state index >= 15 is 0 Å². The van der Waals surface area contributed by atoms with Gasteiger partial charge in [0.15, 0.2) is 5.13 Å². The van der Waals surface area contributed by atoms with Gasteiger partial charge in [0.1, 0.15) is 4.88 Å². The maximum Gasteiger partial charge on any atom is 0.346 e. The molecule has 0 bridgehead atoms. The third-order valence-corrected chi connectivity index (χ3v) is 5.35. The molecule has 0 aromatic carbocycles. The zero-order chi connectivity index (χ0) is 12.6. The lowest BCUT2D eigenvalue weighted by atomic mass is 10.1. The second kappa shape index (κ2) is 4.67. The van der Waals surface area contributed by atoms with Crippen molar-refractivity contribution in [2.75, 3.05) is 12.0 Å². The number of rotatable bonds is 3. The zero-order valence-electron chi connectivity index (χ0n) is 9.18. The summed E-state index contributed by atoms with van der Waals surface area (Å²) >= 11 is 4.18. The van der Waals surface area contributed by atoms with E-state index in [1.807, 2.05) is 18.6 Å². The molecule has 2 aromatic rings. The van der Waals surface area contributed by atoms with Crippen molar-refractivity contribution in [2.24, 2.45) is 0 Å². The van der Waals surface area contributed by atoms with Gasteiger partial charge < -0.3 is 10.8 Å². The monoisotopic (exact) mass is 286 g/mol. The second-order valence-electron chi connectivity index (χ2n) is 3.30. The first-order valence-corrected chi connectivity index (χ1v) is 7.58. The highest BCUT2D eigenvalue weighted by Crippen LogP contribution is 2.41. The van der Waals surface area contributed by atoms with Crippen LogP contribution in [-0.4, -0.2) is 22.3 Å². The summed E-state index contributed by atoms with van der Waals surface area (Å²) in [4.78, 5) is 15.7. The number of aromatic carboxylic acids is 1. The fraction of sp³-hybridized carbons (Fsp3) is 0.200.